The van der Waals surface area contributed by atoms with Gasteiger partial charge in [0.05, 0.1) is 6.61 Å². The van der Waals surface area contributed by atoms with Crippen LogP contribution in [0.2, 0.25) is 0 Å². The summed E-state index contributed by atoms with van der Waals surface area (Å²) in [7, 11) is 3.12. The molecule has 1 unspecified atom stereocenters. The van der Waals surface area contributed by atoms with Crippen LogP contribution in [0.5, 0.6) is 5.75 Å². The fourth-order valence-corrected chi connectivity index (χ4v) is 2.96. The number of amides is 2. The van der Waals surface area contributed by atoms with E-state index in [1.165, 1.54) is 7.05 Å². The van der Waals surface area contributed by atoms with Crippen LogP contribution in [-0.2, 0) is 16.1 Å². The van der Waals surface area contributed by atoms with Crippen molar-refractivity contribution >= 4 is 11.8 Å². The fourth-order valence-electron chi connectivity index (χ4n) is 2.96. The summed E-state index contributed by atoms with van der Waals surface area (Å²) in [6.07, 6.45) is 1.31. The molecule has 2 amide bonds. The summed E-state index contributed by atoms with van der Waals surface area (Å²) in [4.78, 5) is 26.3. The molecule has 1 saturated heterocycles. The van der Waals surface area contributed by atoms with Gasteiger partial charge in [-0.15, -0.1) is 0 Å². The first-order valence-corrected chi connectivity index (χ1v) is 8.22. The van der Waals surface area contributed by atoms with E-state index in [0.717, 1.165) is 5.56 Å². The Kier molecular flexibility index (Phi) is 6.55. The second-order valence-corrected chi connectivity index (χ2v) is 5.74. The van der Waals surface area contributed by atoms with Crippen molar-refractivity contribution in [1.82, 2.24) is 10.2 Å². The van der Waals surface area contributed by atoms with Gasteiger partial charge in [0.1, 0.15) is 18.4 Å². The average molecular weight is 347 g/mol. The summed E-state index contributed by atoms with van der Waals surface area (Å²) in [5.41, 5.74) is 6.74. The third-order valence-corrected chi connectivity index (χ3v) is 4.16. The van der Waals surface area contributed by atoms with Crippen molar-refractivity contribution in [3.8, 4) is 5.75 Å². The lowest BCUT2D eigenvalue weighted by Gasteiger charge is -2.30. The fraction of sp³-hybridized carbons (Fsp3) is 0.444. The van der Waals surface area contributed by atoms with Gasteiger partial charge in [0, 0.05) is 24.9 Å². The highest BCUT2D eigenvalue weighted by Gasteiger charge is 2.38. The topological polar surface area (TPSA) is 93.9 Å². The minimum Gasteiger partial charge on any atom is -0.491 e. The number of nitrogens with zero attached hydrogens (tertiary/aromatic N) is 1. The van der Waals surface area contributed by atoms with Crippen LogP contribution in [0.15, 0.2) is 30.5 Å². The van der Waals surface area contributed by atoms with Crippen LogP contribution in [0.4, 0.5) is 0 Å². The van der Waals surface area contributed by atoms with Crippen LogP contribution in [0.3, 0.4) is 0 Å². The van der Waals surface area contributed by atoms with E-state index in [-0.39, 0.29) is 11.8 Å². The molecule has 1 fully saturated rings. The second-order valence-electron chi connectivity index (χ2n) is 5.74. The van der Waals surface area contributed by atoms with Crippen molar-refractivity contribution < 1.29 is 19.1 Å². The second kappa shape index (κ2) is 8.64. The standard InChI is InChI=1S/C17H20N2O4.CH5N/c1-11-3-6-15(16(20)18-11)19-10-12-9-13(23-8-7-22-2)4-5-14(12)17(19)21;1-2/h4-5,9,15H,1,3,6-8,10H2,2H3,(H,18,20);2H2,1H3. The van der Waals surface area contributed by atoms with Crippen LogP contribution in [0.25, 0.3) is 0 Å². The van der Waals surface area contributed by atoms with E-state index < -0.39 is 6.04 Å². The minimum atomic E-state index is -0.432. The number of hydrogen-bond donors (Lipinski definition) is 2. The van der Waals surface area contributed by atoms with Crippen molar-refractivity contribution in [2.24, 2.45) is 5.73 Å². The highest BCUT2D eigenvalue weighted by atomic mass is 16.5. The number of nitrogens with two attached hydrogens (primary N) is 1. The highest BCUT2D eigenvalue weighted by molar-refractivity contribution is 6.01. The molecule has 3 rings (SSSR count). The van der Waals surface area contributed by atoms with E-state index >= 15 is 0 Å². The molecule has 0 aromatic heterocycles. The molecule has 1 aromatic carbocycles. The first-order chi connectivity index (χ1) is 12.1. The van der Waals surface area contributed by atoms with Crippen LogP contribution < -0.4 is 15.8 Å². The lowest BCUT2D eigenvalue weighted by atomic mass is 10.0. The molecular formula is C18H25N3O4. The number of piperidine rings is 1. The van der Waals surface area contributed by atoms with E-state index in [4.69, 9.17) is 9.47 Å². The molecule has 25 heavy (non-hydrogen) atoms. The molecule has 1 atom stereocenters. The van der Waals surface area contributed by atoms with E-state index in [2.05, 4.69) is 17.6 Å². The molecule has 2 aliphatic heterocycles. The third kappa shape index (κ3) is 4.18. The van der Waals surface area contributed by atoms with E-state index in [1.807, 2.05) is 6.07 Å². The Hall–Kier alpha value is -2.38. The first-order valence-electron chi connectivity index (χ1n) is 8.22. The summed E-state index contributed by atoms with van der Waals surface area (Å²) < 4.78 is 10.5. The molecule has 3 N–H and O–H groups in total. The molecule has 0 aliphatic carbocycles. The smallest absolute Gasteiger partial charge is 0.255 e. The largest absolute Gasteiger partial charge is 0.491 e. The predicted octanol–water partition coefficient (Wildman–Crippen LogP) is 1.03. The van der Waals surface area contributed by atoms with Crippen molar-refractivity contribution in [2.75, 3.05) is 27.4 Å². The maximum atomic E-state index is 12.6. The maximum absolute atomic E-state index is 12.6. The zero-order chi connectivity index (χ0) is 18.4. The molecule has 0 radical (unpaired) electrons. The highest BCUT2D eigenvalue weighted by Crippen LogP contribution is 2.30. The van der Waals surface area contributed by atoms with Gasteiger partial charge < -0.3 is 25.4 Å². The SMILES string of the molecule is C=C1CCC(N2Cc3cc(OCCOC)ccc3C2=O)C(=O)N1.CN. The lowest BCUT2D eigenvalue weighted by Crippen LogP contribution is -2.49. The van der Waals surface area contributed by atoms with Crippen LogP contribution in [-0.4, -0.2) is 50.1 Å². The van der Waals surface area contributed by atoms with Gasteiger partial charge >= 0.3 is 0 Å². The summed E-state index contributed by atoms with van der Waals surface area (Å²) in [5, 5.41) is 2.73. The molecule has 2 heterocycles. The number of allylic oxidation sites excluding steroid dienone is 1. The first kappa shape index (κ1) is 19.0. The van der Waals surface area contributed by atoms with Gasteiger partial charge in [-0.1, -0.05) is 6.58 Å². The Morgan fingerprint density at radius 2 is 2.08 bits per heavy atom. The number of fused-ring (bicyclic) bond motifs is 1. The van der Waals surface area contributed by atoms with Gasteiger partial charge in [-0.05, 0) is 43.7 Å². The van der Waals surface area contributed by atoms with Crippen LogP contribution >= 0.6 is 0 Å². The number of methoxy groups -OCH3 is 1. The van der Waals surface area contributed by atoms with Crippen molar-refractivity contribution in [2.45, 2.75) is 25.4 Å². The van der Waals surface area contributed by atoms with E-state index in [1.54, 1.807) is 24.1 Å². The molecule has 0 saturated carbocycles. The molecule has 0 bridgehead atoms. The molecule has 7 nitrogen and oxygen atoms in total. The van der Waals surface area contributed by atoms with E-state index in [9.17, 15) is 9.59 Å². The Morgan fingerprint density at radius 3 is 2.76 bits per heavy atom. The van der Waals surface area contributed by atoms with Gasteiger partial charge in [0.2, 0.25) is 5.91 Å². The monoisotopic (exact) mass is 347 g/mol. The number of rotatable bonds is 5. The summed E-state index contributed by atoms with van der Waals surface area (Å²) >= 11 is 0. The molecule has 7 heteroatoms. The third-order valence-electron chi connectivity index (χ3n) is 4.16. The van der Waals surface area contributed by atoms with Gasteiger partial charge in [-0.2, -0.15) is 0 Å². The summed E-state index contributed by atoms with van der Waals surface area (Å²) in [5.74, 6) is 0.451. The summed E-state index contributed by atoms with van der Waals surface area (Å²) in [6, 6.07) is 4.97. The number of hydrogen-bond acceptors (Lipinski definition) is 5. The summed E-state index contributed by atoms with van der Waals surface area (Å²) in [6.45, 7) is 5.17. The molecule has 136 valence electrons. The molecule has 1 aromatic rings. The lowest BCUT2D eigenvalue weighted by molar-refractivity contribution is -0.126. The molecule has 0 spiro atoms. The minimum absolute atomic E-state index is 0.101. The number of nitrogens with one attached hydrogen (secondary N) is 1. The van der Waals surface area contributed by atoms with Gasteiger partial charge in [0.15, 0.2) is 0 Å². The van der Waals surface area contributed by atoms with Gasteiger partial charge in [0.25, 0.3) is 5.91 Å². The van der Waals surface area contributed by atoms with Crippen molar-refractivity contribution in [3.63, 3.8) is 0 Å². The normalized spacial score (nSPS) is 19.1. The van der Waals surface area contributed by atoms with Gasteiger partial charge in [-0.3, -0.25) is 9.59 Å². The van der Waals surface area contributed by atoms with Crippen molar-refractivity contribution in [1.29, 1.82) is 0 Å². The Morgan fingerprint density at radius 1 is 1.32 bits per heavy atom. The Labute approximate surface area is 147 Å². The molecular weight excluding hydrogens is 322 g/mol. The quantitative estimate of drug-likeness (QED) is 0.776. The number of carbonyl (C=O) groups excluding carboxylic acids is 2. The number of ether oxygens (including phenoxy) is 2. The number of carbonyl (C=O) groups is 2. The zero-order valence-corrected chi connectivity index (χ0v) is 14.7. The van der Waals surface area contributed by atoms with Crippen LogP contribution in [0.1, 0.15) is 28.8 Å². The van der Waals surface area contributed by atoms with Crippen molar-refractivity contribution in [3.05, 3.63) is 41.6 Å². The maximum Gasteiger partial charge on any atom is 0.255 e. The predicted molar refractivity (Wildman–Crippen MR) is 94.1 cm³/mol. The Balaban J connectivity index is 0.00000109. The average Bonchev–Trinajstić information content (AvgIpc) is 2.93. The number of benzene rings is 1. The molecule has 2 aliphatic rings. The van der Waals surface area contributed by atoms with Gasteiger partial charge in [-0.25, -0.2) is 0 Å². The van der Waals surface area contributed by atoms with E-state index in [0.29, 0.717) is 49.6 Å². The van der Waals surface area contributed by atoms with Crippen LogP contribution in [0, 0.1) is 0 Å². The zero-order valence-electron chi connectivity index (χ0n) is 14.7. The Bertz CT molecular complexity index is 660.